The maximum atomic E-state index is 14.9. The van der Waals surface area contributed by atoms with Crippen LogP contribution in [-0.4, -0.2) is 34.4 Å². The van der Waals surface area contributed by atoms with Crippen molar-refractivity contribution >= 4 is 5.97 Å². The Labute approximate surface area is 243 Å². The van der Waals surface area contributed by atoms with Gasteiger partial charge in [-0.2, -0.15) is 0 Å². The Balaban J connectivity index is 1.47. The van der Waals surface area contributed by atoms with E-state index in [1.165, 1.54) is 19.8 Å². The normalized spacial score (nSPS) is 13.4. The molecule has 7 heteroatoms. The van der Waals surface area contributed by atoms with E-state index in [1.807, 2.05) is 24.3 Å². The summed E-state index contributed by atoms with van der Waals surface area (Å²) in [6.45, 7) is 5.66. The van der Waals surface area contributed by atoms with Crippen LogP contribution in [0.3, 0.4) is 0 Å². The number of esters is 1. The Bertz CT molecular complexity index is 1160. The second-order valence-corrected chi connectivity index (χ2v) is 10.9. The zero-order valence-corrected chi connectivity index (χ0v) is 24.7. The zero-order chi connectivity index (χ0) is 29.5. The van der Waals surface area contributed by atoms with E-state index < -0.39 is 17.8 Å². The summed E-state index contributed by atoms with van der Waals surface area (Å²) >= 11 is 0. The summed E-state index contributed by atoms with van der Waals surface area (Å²) < 4.78 is 38.9. The molecule has 3 rings (SSSR count). The largest absolute Gasteiger partial charge is 0.494 e. The predicted molar refractivity (Wildman–Crippen MR) is 161 cm³/mol. The molecule has 5 nitrogen and oxygen atoms in total. The molecule has 0 amide bonds. The summed E-state index contributed by atoms with van der Waals surface area (Å²) in [6, 6.07) is 14.5. The van der Waals surface area contributed by atoms with Crippen molar-refractivity contribution in [1.29, 1.82) is 0 Å². The number of carbonyl (C=O) groups is 1. The van der Waals surface area contributed by atoms with Gasteiger partial charge in [0.25, 0.3) is 0 Å². The molecule has 0 N–H and O–H groups in total. The summed E-state index contributed by atoms with van der Waals surface area (Å²) in [5.41, 5.74) is 0.536. The molecule has 0 aliphatic rings. The van der Waals surface area contributed by atoms with E-state index in [4.69, 9.17) is 9.47 Å². The standard InChI is InChI=1S/C34H44F2N2O3/c1-4-5-6-7-8-11-22-34(3,36)33(39)41-31-20-14-27(15-21-31)29-24-37-32(38-25-29)28-16-18-30(19-17-28)40-23-12-9-10-13-26(2)35/h14-21,24-26H,4-13,22-23H2,1-3H3/t26-,34-/m0/s1. The number of nitrogens with zero attached hydrogens (tertiary/aromatic N) is 2. The van der Waals surface area contributed by atoms with Crippen molar-refractivity contribution in [3.05, 3.63) is 60.9 Å². The summed E-state index contributed by atoms with van der Waals surface area (Å²) in [5.74, 6) is 0.824. The zero-order valence-electron chi connectivity index (χ0n) is 24.7. The van der Waals surface area contributed by atoms with Crippen LogP contribution in [0.5, 0.6) is 11.5 Å². The molecule has 0 saturated heterocycles. The van der Waals surface area contributed by atoms with Crippen LogP contribution in [0.25, 0.3) is 22.5 Å². The second kappa shape index (κ2) is 16.8. The topological polar surface area (TPSA) is 61.3 Å². The van der Waals surface area contributed by atoms with E-state index in [2.05, 4.69) is 16.9 Å². The van der Waals surface area contributed by atoms with Crippen LogP contribution in [0.15, 0.2) is 60.9 Å². The number of carbonyl (C=O) groups excluding carboxylic acids is 1. The molecule has 41 heavy (non-hydrogen) atoms. The number of benzene rings is 2. The summed E-state index contributed by atoms with van der Waals surface area (Å²) in [4.78, 5) is 21.4. The molecule has 0 aliphatic carbocycles. The molecular formula is C34H44F2N2O3. The first kappa shape index (κ1) is 32.2. The smallest absolute Gasteiger partial charge is 0.348 e. The molecule has 2 aromatic carbocycles. The SMILES string of the molecule is CCCCCCCC[C@](C)(F)C(=O)Oc1ccc(-c2cnc(-c3ccc(OCCCCC[C@H](C)F)cc3)nc2)cc1. The summed E-state index contributed by atoms with van der Waals surface area (Å²) in [5, 5.41) is 0. The first-order valence-electron chi connectivity index (χ1n) is 15.0. The van der Waals surface area contributed by atoms with Crippen molar-refractivity contribution in [1.82, 2.24) is 9.97 Å². The van der Waals surface area contributed by atoms with Crippen molar-refractivity contribution in [2.45, 2.75) is 103 Å². The van der Waals surface area contributed by atoms with Gasteiger partial charge in [0.1, 0.15) is 11.5 Å². The molecular weight excluding hydrogens is 522 g/mol. The molecule has 0 spiro atoms. The third kappa shape index (κ3) is 11.2. The van der Waals surface area contributed by atoms with Gasteiger partial charge >= 0.3 is 5.97 Å². The third-order valence-electron chi connectivity index (χ3n) is 7.10. The highest BCUT2D eigenvalue weighted by Gasteiger charge is 2.34. The quantitative estimate of drug-likeness (QED) is 0.0872. The predicted octanol–water partition coefficient (Wildman–Crippen LogP) is 9.49. The fourth-order valence-corrected chi connectivity index (χ4v) is 4.49. The number of hydrogen-bond donors (Lipinski definition) is 0. The van der Waals surface area contributed by atoms with E-state index in [-0.39, 0.29) is 6.42 Å². The fraction of sp³-hybridized carbons (Fsp3) is 0.500. The van der Waals surface area contributed by atoms with E-state index in [1.54, 1.807) is 43.6 Å². The van der Waals surface area contributed by atoms with Crippen LogP contribution < -0.4 is 9.47 Å². The van der Waals surface area contributed by atoms with Crippen LogP contribution in [0, 0.1) is 0 Å². The third-order valence-corrected chi connectivity index (χ3v) is 7.10. The average molecular weight is 567 g/mol. The van der Waals surface area contributed by atoms with Gasteiger partial charge < -0.3 is 9.47 Å². The number of halogens is 2. The van der Waals surface area contributed by atoms with Gasteiger partial charge in [0.15, 0.2) is 5.82 Å². The van der Waals surface area contributed by atoms with Crippen molar-refractivity contribution < 1.29 is 23.0 Å². The van der Waals surface area contributed by atoms with Crippen LogP contribution in [0.4, 0.5) is 8.78 Å². The van der Waals surface area contributed by atoms with E-state index in [0.29, 0.717) is 31.0 Å². The second-order valence-electron chi connectivity index (χ2n) is 10.9. The molecule has 1 heterocycles. The molecule has 3 aromatic rings. The lowest BCUT2D eigenvalue weighted by molar-refractivity contribution is -0.147. The minimum Gasteiger partial charge on any atom is -0.494 e. The highest BCUT2D eigenvalue weighted by atomic mass is 19.1. The van der Waals surface area contributed by atoms with Gasteiger partial charge in [-0.15, -0.1) is 0 Å². The van der Waals surface area contributed by atoms with Crippen molar-refractivity contribution in [2.75, 3.05) is 6.61 Å². The minimum absolute atomic E-state index is 0.164. The van der Waals surface area contributed by atoms with Crippen LogP contribution in [0.2, 0.25) is 0 Å². The van der Waals surface area contributed by atoms with Gasteiger partial charge in [-0.25, -0.2) is 23.5 Å². The molecule has 0 radical (unpaired) electrons. The molecule has 1 aromatic heterocycles. The van der Waals surface area contributed by atoms with Gasteiger partial charge in [-0.1, -0.05) is 57.6 Å². The van der Waals surface area contributed by atoms with Gasteiger partial charge in [0.05, 0.1) is 12.8 Å². The molecule has 0 aliphatic heterocycles. The molecule has 0 unspecified atom stereocenters. The fourth-order valence-electron chi connectivity index (χ4n) is 4.49. The van der Waals surface area contributed by atoms with Crippen molar-refractivity contribution in [3.63, 3.8) is 0 Å². The molecule has 0 saturated carbocycles. The van der Waals surface area contributed by atoms with Gasteiger partial charge in [-0.3, -0.25) is 0 Å². The average Bonchev–Trinajstić information content (AvgIpc) is 2.97. The number of unbranched alkanes of at least 4 members (excludes halogenated alkanes) is 7. The lowest BCUT2D eigenvalue weighted by atomic mass is 9.99. The summed E-state index contributed by atoms with van der Waals surface area (Å²) in [7, 11) is 0. The number of hydrogen-bond acceptors (Lipinski definition) is 5. The number of alkyl halides is 2. The maximum Gasteiger partial charge on any atom is 0.348 e. The maximum absolute atomic E-state index is 14.9. The lowest BCUT2D eigenvalue weighted by Gasteiger charge is -2.18. The highest BCUT2D eigenvalue weighted by Crippen LogP contribution is 2.27. The highest BCUT2D eigenvalue weighted by molar-refractivity contribution is 5.81. The van der Waals surface area contributed by atoms with Crippen molar-refractivity contribution in [3.8, 4) is 34.0 Å². The Hall–Kier alpha value is -3.35. The lowest BCUT2D eigenvalue weighted by Crippen LogP contribution is -2.34. The molecule has 222 valence electrons. The van der Waals surface area contributed by atoms with Crippen LogP contribution in [0.1, 0.15) is 91.4 Å². The van der Waals surface area contributed by atoms with Gasteiger partial charge in [-0.05, 0) is 87.9 Å². The van der Waals surface area contributed by atoms with Gasteiger partial charge in [0, 0.05) is 23.5 Å². The molecule has 2 atom stereocenters. The van der Waals surface area contributed by atoms with E-state index >= 15 is 0 Å². The monoisotopic (exact) mass is 566 g/mol. The van der Waals surface area contributed by atoms with E-state index in [0.717, 1.165) is 61.0 Å². The van der Waals surface area contributed by atoms with Crippen LogP contribution >= 0.6 is 0 Å². The Morgan fingerprint density at radius 2 is 1.39 bits per heavy atom. The first-order valence-corrected chi connectivity index (χ1v) is 15.0. The summed E-state index contributed by atoms with van der Waals surface area (Å²) in [6.07, 6.45) is 12.4. The van der Waals surface area contributed by atoms with Gasteiger partial charge in [0.2, 0.25) is 5.67 Å². The van der Waals surface area contributed by atoms with Crippen molar-refractivity contribution in [2.24, 2.45) is 0 Å². The minimum atomic E-state index is -2.01. The molecule has 0 fully saturated rings. The van der Waals surface area contributed by atoms with Crippen LogP contribution in [-0.2, 0) is 4.79 Å². The number of aromatic nitrogens is 2. The number of rotatable bonds is 18. The first-order chi connectivity index (χ1) is 19.8. The Kier molecular flexibility index (Phi) is 13.2. The van der Waals surface area contributed by atoms with E-state index in [9.17, 15) is 13.6 Å². The Morgan fingerprint density at radius 1 is 0.805 bits per heavy atom. The number of ether oxygens (including phenoxy) is 2. The molecule has 0 bridgehead atoms. The Morgan fingerprint density at radius 3 is 2.05 bits per heavy atom.